The predicted molar refractivity (Wildman–Crippen MR) is 183 cm³/mol. The van der Waals surface area contributed by atoms with E-state index in [1.807, 2.05) is 22.7 Å². The molecular weight excluding hydrogens is 539 g/mol. The van der Waals surface area contributed by atoms with E-state index in [0.717, 1.165) is 19.6 Å². The second-order valence-electron chi connectivity index (χ2n) is 10.8. The number of anilines is 1. The molecule has 0 fully saturated rings. The minimum absolute atomic E-state index is 1.04. The van der Waals surface area contributed by atoms with Crippen LogP contribution in [0, 0.1) is 0 Å². The van der Waals surface area contributed by atoms with Gasteiger partial charge in [-0.25, -0.2) is 0 Å². The Morgan fingerprint density at radius 1 is 0.683 bits per heavy atom. The second-order valence-corrected chi connectivity index (χ2v) is 13.0. The maximum atomic E-state index is 2.56. The number of quaternary nitrogens is 1. The van der Waals surface area contributed by atoms with Crippen LogP contribution in [0.1, 0.15) is 51.5 Å². The lowest BCUT2D eigenvalue weighted by molar-refractivity contribution is -0.924. The van der Waals surface area contributed by atoms with Gasteiger partial charge in [0.05, 0.1) is 48.4 Å². The molecule has 214 valence electrons. The first-order valence-electron chi connectivity index (χ1n) is 15.4. The summed E-state index contributed by atoms with van der Waals surface area (Å²) in [6, 6.07) is 27.0. The summed E-state index contributed by atoms with van der Waals surface area (Å²) in [5.74, 6) is 0. The number of thiophene rings is 2. The lowest BCUT2D eigenvalue weighted by Gasteiger charge is -2.35. The summed E-state index contributed by atoms with van der Waals surface area (Å²) in [7, 11) is 0. The average Bonchev–Trinajstić information content (AvgIpc) is 3.70. The number of aryl methyl sites for hydroxylation is 1. The van der Waals surface area contributed by atoms with Gasteiger partial charge in [-0.15, -0.1) is 22.7 Å². The van der Waals surface area contributed by atoms with E-state index in [9.17, 15) is 0 Å². The molecule has 3 nitrogen and oxygen atoms in total. The average molecular weight is 584 g/mol. The molecule has 0 radical (unpaired) electrons. The van der Waals surface area contributed by atoms with E-state index in [1.165, 1.54) is 84.1 Å². The van der Waals surface area contributed by atoms with Crippen LogP contribution in [0.4, 0.5) is 5.00 Å². The molecule has 0 saturated carbocycles. The first-order valence-corrected chi connectivity index (χ1v) is 17.0. The van der Waals surface area contributed by atoms with Crippen LogP contribution in [0.2, 0.25) is 0 Å². The number of aromatic nitrogens is 1. The van der Waals surface area contributed by atoms with E-state index in [1.54, 1.807) is 0 Å². The van der Waals surface area contributed by atoms with Gasteiger partial charge >= 0.3 is 0 Å². The molecule has 41 heavy (non-hydrogen) atoms. The number of para-hydroxylation sites is 2. The smallest absolute Gasteiger partial charge is 0.213 e. The third-order valence-electron chi connectivity index (χ3n) is 8.95. The first-order chi connectivity index (χ1) is 20.1. The third kappa shape index (κ3) is 6.13. The largest absolute Gasteiger partial charge is 0.364 e. The zero-order valence-corrected chi connectivity index (χ0v) is 27.0. The van der Waals surface area contributed by atoms with E-state index < -0.39 is 0 Å². The molecule has 0 aliphatic carbocycles. The molecule has 0 N–H and O–H groups in total. The fourth-order valence-electron chi connectivity index (χ4n) is 6.18. The highest BCUT2D eigenvalue weighted by Gasteiger charge is 2.23. The Hall–Kier alpha value is -2.99. The number of hydrogen-bond acceptors (Lipinski definition) is 3. The second kappa shape index (κ2) is 13.3. The summed E-state index contributed by atoms with van der Waals surface area (Å²) >= 11 is 3.77. The topological polar surface area (TPSA) is 7.12 Å². The highest BCUT2D eigenvalue weighted by atomic mass is 32.1. The number of fused-ring (bicyclic) bond motifs is 2. The van der Waals surface area contributed by atoms with Crippen LogP contribution < -0.4 is 9.47 Å². The Bertz CT molecular complexity index is 1550. The van der Waals surface area contributed by atoms with Crippen LogP contribution in [0.3, 0.4) is 0 Å². The van der Waals surface area contributed by atoms with Gasteiger partial charge in [0.25, 0.3) is 0 Å². The Kier molecular flexibility index (Phi) is 9.59. The summed E-state index contributed by atoms with van der Waals surface area (Å²) in [5.41, 5.74) is 3.95. The maximum Gasteiger partial charge on any atom is 0.213 e. The molecule has 5 rings (SSSR count). The van der Waals surface area contributed by atoms with Gasteiger partial charge in [-0.2, -0.15) is 4.57 Å². The molecule has 0 aliphatic heterocycles. The van der Waals surface area contributed by atoms with E-state index in [2.05, 4.69) is 129 Å². The van der Waals surface area contributed by atoms with Gasteiger partial charge in [0.2, 0.25) is 11.0 Å². The van der Waals surface area contributed by atoms with Crippen molar-refractivity contribution in [3.8, 4) is 9.75 Å². The highest BCUT2D eigenvalue weighted by Crippen LogP contribution is 2.38. The van der Waals surface area contributed by atoms with Crippen molar-refractivity contribution in [1.29, 1.82) is 0 Å². The van der Waals surface area contributed by atoms with E-state index in [-0.39, 0.29) is 0 Å². The van der Waals surface area contributed by atoms with E-state index in [4.69, 9.17) is 0 Å². The molecular formula is C36H45N3S2+2. The van der Waals surface area contributed by atoms with Crippen LogP contribution in [0.15, 0.2) is 72.8 Å². The summed E-state index contributed by atoms with van der Waals surface area (Å²) in [5, 5.41) is 4.00. The molecule has 0 amide bonds. The first kappa shape index (κ1) is 29.5. The summed E-state index contributed by atoms with van der Waals surface area (Å²) in [4.78, 5) is 6.41. The van der Waals surface area contributed by atoms with Gasteiger partial charge in [-0.1, -0.05) is 30.3 Å². The molecule has 5 heteroatoms. The monoisotopic (exact) mass is 583 g/mol. The number of benzene rings is 2. The van der Waals surface area contributed by atoms with Crippen molar-refractivity contribution < 1.29 is 9.05 Å². The molecule has 3 aromatic heterocycles. The summed E-state index contributed by atoms with van der Waals surface area (Å²) in [6.45, 7) is 19.4. The van der Waals surface area contributed by atoms with Crippen LogP contribution in [-0.2, 0) is 6.54 Å². The van der Waals surface area contributed by atoms with Crippen LogP contribution >= 0.6 is 22.7 Å². The van der Waals surface area contributed by atoms with Gasteiger partial charge in [0, 0.05) is 45.4 Å². The van der Waals surface area contributed by atoms with E-state index in [0.29, 0.717) is 0 Å². The molecule has 0 spiro atoms. The number of rotatable bonds is 13. The molecule has 0 unspecified atom stereocenters. The zero-order valence-electron chi connectivity index (χ0n) is 25.4. The molecule has 5 aromatic rings. The summed E-state index contributed by atoms with van der Waals surface area (Å²) < 4.78 is 3.76. The van der Waals surface area contributed by atoms with Gasteiger partial charge in [0.15, 0.2) is 6.54 Å². The quantitative estimate of drug-likeness (QED) is 0.0761. The Morgan fingerprint density at radius 2 is 1.27 bits per heavy atom. The maximum absolute atomic E-state index is 2.56. The minimum Gasteiger partial charge on any atom is -0.364 e. The van der Waals surface area contributed by atoms with Crippen molar-refractivity contribution in [2.45, 2.75) is 47.6 Å². The van der Waals surface area contributed by atoms with Crippen molar-refractivity contribution >= 4 is 61.6 Å². The fraction of sp³-hybridized carbons (Fsp3) is 0.361. The van der Waals surface area contributed by atoms with Crippen molar-refractivity contribution in [3.63, 3.8) is 0 Å². The highest BCUT2D eigenvalue weighted by molar-refractivity contribution is 7.24. The predicted octanol–water partition coefficient (Wildman–Crippen LogP) is 9.35. The molecule has 0 saturated heterocycles. The van der Waals surface area contributed by atoms with Crippen molar-refractivity contribution in [1.82, 2.24) is 0 Å². The number of hydrogen-bond donors (Lipinski definition) is 0. The SMILES string of the molecule is CCN(CC)c1ccc(-c2ccc(/C=C/c3c4ccccc4[n+](CCC[N+](CC)(CC)CC)c4ccccc34)s2)s1. The van der Waals surface area contributed by atoms with Crippen LogP contribution in [0.25, 0.3) is 43.7 Å². The Balaban J connectivity index is 1.47. The fourth-order valence-corrected chi connectivity index (χ4v) is 8.32. The van der Waals surface area contributed by atoms with Gasteiger partial charge < -0.3 is 9.38 Å². The van der Waals surface area contributed by atoms with Gasteiger partial charge in [0.1, 0.15) is 0 Å². The van der Waals surface area contributed by atoms with Crippen LogP contribution in [-0.4, -0.2) is 43.8 Å². The molecule has 3 heterocycles. The molecule has 2 aromatic carbocycles. The zero-order chi connectivity index (χ0) is 28.8. The summed E-state index contributed by atoms with van der Waals surface area (Å²) in [6.07, 6.45) is 5.83. The van der Waals surface area contributed by atoms with Gasteiger partial charge in [-0.05, 0) is 77.1 Å². The third-order valence-corrected chi connectivity index (χ3v) is 11.3. The van der Waals surface area contributed by atoms with Crippen molar-refractivity contribution in [2.24, 2.45) is 0 Å². The number of pyridine rings is 1. The number of nitrogens with zero attached hydrogens (tertiary/aromatic N) is 3. The Labute approximate surface area is 254 Å². The van der Waals surface area contributed by atoms with Crippen molar-refractivity contribution in [2.75, 3.05) is 44.2 Å². The molecule has 0 bridgehead atoms. The van der Waals surface area contributed by atoms with Gasteiger partial charge in [-0.3, -0.25) is 0 Å². The van der Waals surface area contributed by atoms with E-state index >= 15 is 0 Å². The molecule has 0 aliphatic rings. The standard InChI is InChI=1S/C36H45N3S2/c1-6-37(7-2)36-25-24-35(41-36)34-23-21-28(40-34)20-22-29-30-16-11-13-18-32(30)38(33-19-14-12-17-31(29)33)26-15-27-39(8-3,9-4)10-5/h11-14,16-25H,6-10,15,26-27H2,1-5H3/q+2. The minimum atomic E-state index is 1.04. The van der Waals surface area contributed by atoms with Crippen LogP contribution in [0.5, 0.6) is 0 Å². The normalized spacial score (nSPS) is 12.2. The molecule has 0 atom stereocenters. The van der Waals surface area contributed by atoms with Crippen molar-refractivity contribution in [3.05, 3.63) is 83.2 Å². The lowest BCUT2D eigenvalue weighted by atomic mass is 10.0. The Morgan fingerprint density at radius 3 is 1.88 bits per heavy atom. The lowest BCUT2D eigenvalue weighted by Crippen LogP contribution is -2.49.